The number of methoxy groups -OCH3 is 1. The Labute approximate surface area is 227 Å². The molecule has 40 heavy (non-hydrogen) atoms. The van der Waals surface area contributed by atoms with Crippen molar-refractivity contribution in [2.75, 3.05) is 17.3 Å². The summed E-state index contributed by atoms with van der Waals surface area (Å²) in [5.74, 6) is -1.33. The average molecular weight is 553 g/mol. The third kappa shape index (κ3) is 5.13. The topological polar surface area (TPSA) is 123 Å². The van der Waals surface area contributed by atoms with Gasteiger partial charge >= 0.3 is 18.2 Å². The summed E-state index contributed by atoms with van der Waals surface area (Å²) in [5.41, 5.74) is -1.92. The molecule has 0 atom stereocenters. The number of carboxylic acid groups (broad SMARTS) is 1. The van der Waals surface area contributed by atoms with E-state index in [1.165, 1.54) is 44.1 Å². The third-order valence-electron chi connectivity index (χ3n) is 6.57. The van der Waals surface area contributed by atoms with Gasteiger partial charge in [-0.3, -0.25) is 4.79 Å². The van der Waals surface area contributed by atoms with E-state index in [4.69, 9.17) is 15.1 Å². The zero-order valence-electron chi connectivity index (χ0n) is 21.5. The number of carboxylic acids is 1. The summed E-state index contributed by atoms with van der Waals surface area (Å²) in [6.07, 6.45) is -4.87. The summed E-state index contributed by atoms with van der Waals surface area (Å²) in [6.45, 7) is 2.88. The number of urea groups is 1. The minimum atomic E-state index is -4.87. The lowest BCUT2D eigenvalue weighted by molar-refractivity contribution is -0.137. The van der Waals surface area contributed by atoms with Crippen LogP contribution in [-0.4, -0.2) is 40.6 Å². The molecular weight excluding hydrogens is 529 g/mol. The Hall–Kier alpha value is -5.05. The summed E-state index contributed by atoms with van der Waals surface area (Å²) in [6, 6.07) is 14.3. The predicted octanol–water partition coefficient (Wildman–Crippen LogP) is 5.77. The minimum Gasteiger partial charge on any atom is -0.497 e. The van der Waals surface area contributed by atoms with E-state index in [1.54, 1.807) is 30.3 Å². The number of nitrogens with one attached hydrogen (secondary N) is 1. The van der Waals surface area contributed by atoms with E-state index in [9.17, 15) is 27.6 Å². The molecule has 0 bridgehead atoms. The molecule has 206 valence electrons. The summed E-state index contributed by atoms with van der Waals surface area (Å²) in [7, 11) is 1.47. The molecule has 3 amide bonds. The van der Waals surface area contributed by atoms with Gasteiger partial charge in [-0.2, -0.15) is 18.4 Å². The lowest BCUT2D eigenvalue weighted by atomic mass is 10.0. The Morgan fingerprint density at radius 2 is 1.75 bits per heavy atom. The number of ether oxygens (including phenoxy) is 1. The van der Waals surface area contributed by atoms with E-state index in [2.05, 4.69) is 5.32 Å². The smallest absolute Gasteiger partial charge is 0.417 e. The Morgan fingerprint density at radius 3 is 2.33 bits per heavy atom. The first-order valence-electron chi connectivity index (χ1n) is 11.8. The van der Waals surface area contributed by atoms with Crippen LogP contribution in [0.1, 0.15) is 40.9 Å². The highest BCUT2D eigenvalue weighted by molar-refractivity contribution is 6.23. The number of hydrogen-bond acceptors (Lipinski definition) is 6. The molecule has 1 heterocycles. The number of alkyl halides is 3. The number of imide groups is 1. The lowest BCUT2D eigenvalue weighted by Crippen LogP contribution is -2.43. The van der Waals surface area contributed by atoms with Crippen molar-refractivity contribution in [1.82, 2.24) is 4.90 Å². The molecule has 12 heteroatoms. The van der Waals surface area contributed by atoms with Gasteiger partial charge in [-0.25, -0.2) is 14.5 Å². The number of aromatic carboxylic acids is 1. The Bertz CT molecular complexity index is 1540. The fourth-order valence-corrected chi connectivity index (χ4v) is 4.29. The minimum absolute atomic E-state index is 0.0934. The Kier molecular flexibility index (Phi) is 7.17. The van der Waals surface area contributed by atoms with Crippen molar-refractivity contribution < 1.29 is 37.4 Å². The van der Waals surface area contributed by atoms with Gasteiger partial charge in [-0.15, -0.1) is 0 Å². The average Bonchev–Trinajstić information content (AvgIpc) is 3.07. The maximum absolute atomic E-state index is 13.6. The largest absolute Gasteiger partial charge is 0.497 e. The van der Waals surface area contributed by atoms with E-state index in [1.807, 2.05) is 0 Å². The molecule has 0 spiro atoms. The van der Waals surface area contributed by atoms with Gasteiger partial charge in [-0.05, 0) is 67.9 Å². The molecule has 3 aromatic rings. The van der Waals surface area contributed by atoms with Crippen molar-refractivity contribution in [1.29, 1.82) is 5.26 Å². The predicted molar refractivity (Wildman–Crippen MR) is 138 cm³/mol. The van der Waals surface area contributed by atoms with Crippen molar-refractivity contribution in [2.24, 2.45) is 0 Å². The van der Waals surface area contributed by atoms with Gasteiger partial charge < -0.3 is 20.1 Å². The van der Waals surface area contributed by atoms with E-state index < -0.39 is 40.7 Å². The molecule has 0 aliphatic carbocycles. The van der Waals surface area contributed by atoms with Crippen LogP contribution in [0.5, 0.6) is 5.75 Å². The maximum atomic E-state index is 13.6. The van der Waals surface area contributed by atoms with Crippen molar-refractivity contribution >= 4 is 35.0 Å². The summed E-state index contributed by atoms with van der Waals surface area (Å²) < 4.78 is 46.0. The van der Waals surface area contributed by atoms with Gasteiger partial charge in [0.15, 0.2) is 0 Å². The monoisotopic (exact) mass is 552 g/mol. The number of carbonyl (C=O) groups is 3. The second kappa shape index (κ2) is 10.3. The zero-order chi connectivity index (χ0) is 29.4. The zero-order valence-corrected chi connectivity index (χ0v) is 21.5. The molecule has 2 N–H and O–H groups in total. The van der Waals surface area contributed by atoms with Crippen molar-refractivity contribution in [3.05, 3.63) is 82.9 Å². The third-order valence-corrected chi connectivity index (χ3v) is 6.57. The molecule has 4 rings (SSSR count). The van der Waals surface area contributed by atoms with Crippen molar-refractivity contribution in [3.63, 3.8) is 0 Å². The molecule has 0 saturated carbocycles. The number of anilines is 3. The van der Waals surface area contributed by atoms with Crippen LogP contribution >= 0.6 is 0 Å². The molecular formula is C28H23F3N4O5. The second-order valence-corrected chi connectivity index (χ2v) is 9.44. The van der Waals surface area contributed by atoms with Gasteiger partial charge in [-0.1, -0.05) is 6.07 Å². The van der Waals surface area contributed by atoms with Gasteiger partial charge in [0.05, 0.1) is 42.1 Å². The van der Waals surface area contributed by atoms with Crippen LogP contribution in [0.25, 0.3) is 0 Å². The number of rotatable bonds is 7. The number of amides is 3. The number of hydrogen-bond donors (Lipinski definition) is 2. The van der Waals surface area contributed by atoms with Gasteiger partial charge in [0, 0.05) is 17.4 Å². The Balaban J connectivity index is 1.69. The molecule has 1 fully saturated rings. The summed E-state index contributed by atoms with van der Waals surface area (Å²) in [5, 5.41) is 21.4. The first-order chi connectivity index (χ1) is 18.8. The standard InChI is InChI=1S/C28H23F3N4O5/c1-27(2)25(38)35(20-10-6-17(14-32)22(12-20)28(29,30)31)26(39)34(27)15-18-7-11-21(40-3)13-23(18)33-19-8-4-16(5-9-19)24(36)37/h4-13,33H,15H2,1-3H3,(H,36,37). The highest BCUT2D eigenvalue weighted by atomic mass is 19.4. The molecule has 1 saturated heterocycles. The van der Waals surface area contributed by atoms with E-state index in [0.717, 1.165) is 12.1 Å². The number of nitrogens with zero attached hydrogens (tertiary/aromatic N) is 3. The quantitative estimate of drug-likeness (QED) is 0.357. The molecule has 0 unspecified atom stereocenters. The summed E-state index contributed by atoms with van der Waals surface area (Å²) in [4.78, 5) is 40.0. The normalized spacial score (nSPS) is 14.7. The molecule has 1 aliphatic rings. The highest BCUT2D eigenvalue weighted by Gasteiger charge is 2.52. The number of nitriles is 1. The Morgan fingerprint density at radius 1 is 1.07 bits per heavy atom. The molecule has 0 radical (unpaired) electrons. The van der Waals surface area contributed by atoms with Gasteiger partial charge in [0.1, 0.15) is 11.3 Å². The summed E-state index contributed by atoms with van der Waals surface area (Å²) >= 11 is 0. The van der Waals surface area contributed by atoms with E-state index >= 15 is 0 Å². The van der Waals surface area contributed by atoms with Crippen molar-refractivity contribution in [2.45, 2.75) is 32.1 Å². The molecule has 1 aliphatic heterocycles. The maximum Gasteiger partial charge on any atom is 0.417 e. The second-order valence-electron chi connectivity index (χ2n) is 9.44. The first kappa shape index (κ1) is 28.0. The van der Waals surface area contributed by atoms with Crippen LogP contribution in [-0.2, 0) is 17.5 Å². The first-order valence-corrected chi connectivity index (χ1v) is 11.8. The van der Waals surface area contributed by atoms with E-state index in [-0.39, 0.29) is 17.8 Å². The van der Waals surface area contributed by atoms with Gasteiger partial charge in [0.25, 0.3) is 5.91 Å². The molecule has 9 nitrogen and oxygen atoms in total. The molecule has 3 aromatic carbocycles. The number of benzene rings is 3. The highest BCUT2D eigenvalue weighted by Crippen LogP contribution is 2.39. The SMILES string of the molecule is COc1ccc(CN2C(=O)N(c3ccc(C#N)c(C(F)(F)F)c3)C(=O)C2(C)C)c(Nc2ccc(C(=O)O)cc2)c1. The fraction of sp³-hybridized carbons (Fsp3) is 0.214. The van der Waals surface area contributed by atoms with Crippen LogP contribution in [0.3, 0.4) is 0 Å². The molecule has 0 aromatic heterocycles. The van der Waals surface area contributed by atoms with E-state index in [0.29, 0.717) is 33.7 Å². The van der Waals surface area contributed by atoms with Crippen LogP contribution in [0.2, 0.25) is 0 Å². The van der Waals surface area contributed by atoms with Crippen LogP contribution < -0.4 is 15.0 Å². The fourth-order valence-electron chi connectivity index (χ4n) is 4.29. The van der Waals surface area contributed by atoms with Crippen LogP contribution in [0.4, 0.5) is 35.0 Å². The van der Waals surface area contributed by atoms with Crippen molar-refractivity contribution in [3.8, 4) is 11.8 Å². The number of halogens is 3. The van der Waals surface area contributed by atoms with Crippen LogP contribution in [0, 0.1) is 11.3 Å². The van der Waals surface area contributed by atoms with Gasteiger partial charge in [0.2, 0.25) is 0 Å². The van der Waals surface area contributed by atoms with Crippen LogP contribution in [0.15, 0.2) is 60.7 Å². The lowest BCUT2D eigenvalue weighted by Gasteiger charge is -2.28. The number of carbonyl (C=O) groups excluding carboxylic acids is 2.